The van der Waals surface area contributed by atoms with Gasteiger partial charge in [0.1, 0.15) is 17.4 Å². The molecular weight excluding hydrogens is 323 g/mol. The van der Waals surface area contributed by atoms with Crippen LogP contribution in [0.2, 0.25) is 0 Å². The van der Waals surface area contributed by atoms with E-state index in [2.05, 4.69) is 5.16 Å². The average molecular weight is 338 g/mol. The van der Waals surface area contributed by atoms with Crippen molar-refractivity contribution in [1.82, 2.24) is 0 Å². The molecule has 0 unspecified atom stereocenters. The number of carbonyl (C=O) groups is 2. The van der Waals surface area contributed by atoms with Crippen LogP contribution in [0.25, 0.3) is 0 Å². The monoisotopic (exact) mass is 338 g/mol. The van der Waals surface area contributed by atoms with Gasteiger partial charge in [-0.2, -0.15) is 0 Å². The van der Waals surface area contributed by atoms with Gasteiger partial charge in [0.05, 0.1) is 5.69 Å². The highest BCUT2D eigenvalue weighted by atomic mass is 19.1. The second-order valence-electron chi connectivity index (χ2n) is 6.34. The molecule has 126 valence electrons. The fourth-order valence-corrected chi connectivity index (χ4v) is 3.37. The minimum absolute atomic E-state index is 0.357. The smallest absolute Gasteiger partial charge is 0.278 e. The van der Waals surface area contributed by atoms with Gasteiger partial charge in [0.25, 0.3) is 5.91 Å². The van der Waals surface area contributed by atoms with E-state index >= 15 is 0 Å². The first-order chi connectivity index (χ1) is 12.0. The summed E-state index contributed by atoms with van der Waals surface area (Å²) in [4.78, 5) is 32.1. The number of benzene rings is 2. The zero-order chi connectivity index (χ0) is 17.7. The van der Waals surface area contributed by atoms with Crippen LogP contribution in [0.15, 0.2) is 47.6 Å². The number of amides is 2. The van der Waals surface area contributed by atoms with Crippen LogP contribution in [0.3, 0.4) is 0 Å². The van der Waals surface area contributed by atoms with Crippen molar-refractivity contribution in [2.75, 3.05) is 4.90 Å². The third-order valence-electron chi connectivity index (χ3n) is 4.42. The first-order valence-electron chi connectivity index (χ1n) is 7.91. The van der Waals surface area contributed by atoms with Gasteiger partial charge in [0.15, 0.2) is 0 Å². The number of anilines is 1. The quantitative estimate of drug-likeness (QED) is 0.791. The summed E-state index contributed by atoms with van der Waals surface area (Å²) in [6.45, 7) is 3.81. The SMILES string of the molecule is Cc1cc(C)cc(N2C(=O)[C@@H]3C(c4ccc(F)cc4)=NO[C@H]3C2=O)c1. The van der Waals surface area contributed by atoms with Crippen molar-refractivity contribution < 1.29 is 18.8 Å². The Labute approximate surface area is 143 Å². The summed E-state index contributed by atoms with van der Waals surface area (Å²) in [7, 11) is 0. The lowest BCUT2D eigenvalue weighted by Gasteiger charge is -2.16. The molecule has 2 aliphatic rings. The number of nitrogens with zero attached hydrogens (tertiary/aromatic N) is 2. The summed E-state index contributed by atoms with van der Waals surface area (Å²) < 4.78 is 13.1. The Morgan fingerprint density at radius 3 is 2.28 bits per heavy atom. The average Bonchev–Trinajstić information content (AvgIpc) is 3.08. The number of hydrogen-bond donors (Lipinski definition) is 0. The van der Waals surface area contributed by atoms with E-state index in [1.165, 1.54) is 24.3 Å². The zero-order valence-electron chi connectivity index (χ0n) is 13.7. The highest BCUT2D eigenvalue weighted by molar-refractivity contribution is 6.32. The molecule has 2 amide bonds. The minimum atomic E-state index is -0.964. The summed E-state index contributed by atoms with van der Waals surface area (Å²) in [6, 6.07) is 11.2. The molecular formula is C19H15FN2O3. The second-order valence-corrected chi connectivity index (χ2v) is 6.34. The molecule has 1 saturated heterocycles. The fourth-order valence-electron chi connectivity index (χ4n) is 3.37. The van der Waals surface area contributed by atoms with Crippen LogP contribution in [0.4, 0.5) is 10.1 Å². The number of aryl methyl sites for hydroxylation is 2. The first kappa shape index (κ1) is 15.5. The van der Waals surface area contributed by atoms with Gasteiger partial charge in [-0.1, -0.05) is 23.4 Å². The number of oxime groups is 1. The fraction of sp³-hybridized carbons (Fsp3) is 0.211. The summed E-state index contributed by atoms with van der Waals surface area (Å²) in [5, 5.41) is 3.91. The van der Waals surface area contributed by atoms with Gasteiger partial charge >= 0.3 is 0 Å². The molecule has 0 bridgehead atoms. The Balaban J connectivity index is 1.72. The Morgan fingerprint density at radius 1 is 1.00 bits per heavy atom. The van der Waals surface area contributed by atoms with Crippen molar-refractivity contribution in [3.05, 3.63) is 65.0 Å². The predicted molar refractivity (Wildman–Crippen MR) is 89.7 cm³/mol. The summed E-state index contributed by atoms with van der Waals surface area (Å²) in [5.41, 5.74) is 3.37. The molecule has 0 saturated carbocycles. The lowest BCUT2D eigenvalue weighted by Crippen LogP contribution is -2.33. The summed E-state index contributed by atoms with van der Waals surface area (Å²) in [5.74, 6) is -1.99. The number of hydrogen-bond acceptors (Lipinski definition) is 4. The highest BCUT2D eigenvalue weighted by Gasteiger charge is 2.56. The van der Waals surface area contributed by atoms with Crippen LogP contribution in [0.1, 0.15) is 16.7 Å². The number of imide groups is 1. The van der Waals surface area contributed by atoms with E-state index in [0.29, 0.717) is 17.0 Å². The van der Waals surface area contributed by atoms with Crippen LogP contribution in [-0.2, 0) is 14.4 Å². The highest BCUT2D eigenvalue weighted by Crippen LogP contribution is 2.35. The van der Waals surface area contributed by atoms with E-state index in [4.69, 9.17) is 4.84 Å². The second kappa shape index (κ2) is 5.51. The number of halogens is 1. The lowest BCUT2D eigenvalue weighted by atomic mass is 9.94. The first-order valence-corrected chi connectivity index (χ1v) is 7.91. The summed E-state index contributed by atoms with van der Waals surface area (Å²) >= 11 is 0. The van der Waals surface area contributed by atoms with Crippen LogP contribution in [0, 0.1) is 25.6 Å². The molecule has 1 fully saturated rings. The van der Waals surface area contributed by atoms with Gasteiger partial charge in [-0.3, -0.25) is 9.59 Å². The van der Waals surface area contributed by atoms with Crippen LogP contribution in [-0.4, -0.2) is 23.6 Å². The summed E-state index contributed by atoms with van der Waals surface area (Å²) in [6.07, 6.45) is -0.964. The largest absolute Gasteiger partial charge is 0.381 e. The number of carbonyl (C=O) groups excluding carboxylic acids is 2. The Hall–Kier alpha value is -3.02. The predicted octanol–water partition coefficient (Wildman–Crippen LogP) is 2.74. The van der Waals surface area contributed by atoms with Crippen molar-refractivity contribution in [2.45, 2.75) is 20.0 Å². The van der Waals surface area contributed by atoms with E-state index in [-0.39, 0.29) is 11.7 Å². The van der Waals surface area contributed by atoms with Gasteiger partial charge in [0.2, 0.25) is 12.0 Å². The molecule has 2 atom stereocenters. The molecule has 0 aromatic heterocycles. The van der Waals surface area contributed by atoms with E-state index < -0.39 is 17.9 Å². The molecule has 2 heterocycles. The molecule has 0 radical (unpaired) electrons. The van der Waals surface area contributed by atoms with Crippen molar-refractivity contribution in [2.24, 2.45) is 11.1 Å². The molecule has 2 aliphatic heterocycles. The Morgan fingerprint density at radius 2 is 1.64 bits per heavy atom. The van der Waals surface area contributed by atoms with Crippen molar-refractivity contribution in [3.8, 4) is 0 Å². The Kier molecular flexibility index (Phi) is 3.42. The van der Waals surface area contributed by atoms with Crippen molar-refractivity contribution in [3.63, 3.8) is 0 Å². The van der Waals surface area contributed by atoms with E-state index in [0.717, 1.165) is 16.0 Å². The van der Waals surface area contributed by atoms with Crippen LogP contribution in [0.5, 0.6) is 0 Å². The molecule has 6 heteroatoms. The van der Waals surface area contributed by atoms with E-state index in [1.54, 1.807) is 12.1 Å². The maximum absolute atomic E-state index is 13.1. The normalized spacial score (nSPS) is 22.0. The maximum Gasteiger partial charge on any atom is 0.278 e. The molecule has 2 aromatic carbocycles. The standard InChI is InChI=1S/C19H15FN2O3/c1-10-7-11(2)9-14(8-10)22-18(23)15-16(21-25-17(15)19(22)24)12-3-5-13(20)6-4-12/h3-9,15,17H,1-2H3/t15-,17-/m1/s1. The third kappa shape index (κ3) is 2.41. The molecule has 0 aliphatic carbocycles. The molecule has 25 heavy (non-hydrogen) atoms. The van der Waals surface area contributed by atoms with Gasteiger partial charge < -0.3 is 4.84 Å². The number of fused-ring (bicyclic) bond motifs is 1. The van der Waals surface area contributed by atoms with Crippen LogP contribution >= 0.6 is 0 Å². The molecule has 5 nitrogen and oxygen atoms in total. The van der Waals surface area contributed by atoms with Crippen molar-refractivity contribution >= 4 is 23.2 Å². The van der Waals surface area contributed by atoms with Gasteiger partial charge in [-0.05, 0) is 49.2 Å². The minimum Gasteiger partial charge on any atom is -0.381 e. The van der Waals surface area contributed by atoms with E-state index in [9.17, 15) is 14.0 Å². The number of rotatable bonds is 2. The maximum atomic E-state index is 13.1. The zero-order valence-corrected chi connectivity index (χ0v) is 13.7. The molecule has 2 aromatic rings. The molecule has 0 spiro atoms. The molecule has 4 rings (SSSR count). The third-order valence-corrected chi connectivity index (χ3v) is 4.42. The van der Waals surface area contributed by atoms with Crippen LogP contribution < -0.4 is 4.90 Å². The van der Waals surface area contributed by atoms with Gasteiger partial charge in [0, 0.05) is 5.56 Å². The lowest BCUT2D eigenvalue weighted by molar-refractivity contribution is -0.126. The topological polar surface area (TPSA) is 59.0 Å². The van der Waals surface area contributed by atoms with Crippen molar-refractivity contribution in [1.29, 1.82) is 0 Å². The molecule has 0 N–H and O–H groups in total. The Bertz CT molecular complexity index is 901. The van der Waals surface area contributed by atoms with Gasteiger partial charge in [-0.15, -0.1) is 0 Å². The van der Waals surface area contributed by atoms with Gasteiger partial charge in [-0.25, -0.2) is 9.29 Å². The van der Waals surface area contributed by atoms with E-state index in [1.807, 2.05) is 19.9 Å².